The average Bonchev–Trinajstić information content (AvgIpc) is 2.70. The van der Waals surface area contributed by atoms with Crippen molar-refractivity contribution in [3.05, 3.63) is 35.2 Å². The number of hydrogen-bond donors (Lipinski definition) is 0. The first-order chi connectivity index (χ1) is 7.78. The lowest BCUT2D eigenvalue weighted by Gasteiger charge is -2.00. The van der Waals surface area contributed by atoms with E-state index >= 15 is 0 Å². The molecule has 84 valence electrons. The second-order valence-electron chi connectivity index (χ2n) is 3.36. The minimum absolute atomic E-state index is 0.569. The molecular formula is C11H12BrN3O. The Morgan fingerprint density at radius 2 is 2.25 bits per heavy atom. The Hall–Kier alpha value is -1.36. The zero-order valence-corrected chi connectivity index (χ0v) is 10.5. The van der Waals surface area contributed by atoms with Crippen molar-refractivity contribution < 1.29 is 4.74 Å². The Morgan fingerprint density at radius 3 is 2.94 bits per heavy atom. The molecular weight excluding hydrogens is 270 g/mol. The molecule has 0 aliphatic carbocycles. The smallest absolute Gasteiger partial charge is 0.219 e. The molecule has 0 atom stereocenters. The summed E-state index contributed by atoms with van der Waals surface area (Å²) < 4.78 is 8.33. The van der Waals surface area contributed by atoms with Gasteiger partial charge in [0, 0.05) is 23.3 Å². The quantitative estimate of drug-likeness (QED) is 0.864. The van der Waals surface area contributed by atoms with Crippen LogP contribution in [0.15, 0.2) is 35.2 Å². The molecule has 0 N–H and O–H groups in total. The third-order valence-corrected chi connectivity index (χ3v) is 2.45. The Balaban J connectivity index is 2.05. The Bertz CT molecular complexity index is 453. The molecule has 0 radical (unpaired) electrons. The predicted octanol–water partition coefficient (Wildman–Crippen LogP) is 3.24. The van der Waals surface area contributed by atoms with E-state index in [0.717, 1.165) is 17.4 Å². The predicted molar refractivity (Wildman–Crippen MR) is 64.5 cm³/mol. The van der Waals surface area contributed by atoms with E-state index in [0.29, 0.717) is 11.6 Å². The number of hydrogen-bond acceptors (Lipinski definition) is 3. The van der Waals surface area contributed by atoms with E-state index in [4.69, 9.17) is 4.74 Å². The van der Waals surface area contributed by atoms with Gasteiger partial charge in [0.15, 0.2) is 5.75 Å². The monoisotopic (exact) mass is 281 g/mol. The minimum atomic E-state index is 0.569. The van der Waals surface area contributed by atoms with Crippen molar-refractivity contribution in [1.82, 2.24) is 14.8 Å². The number of halogens is 1. The van der Waals surface area contributed by atoms with E-state index in [1.54, 1.807) is 18.5 Å². The summed E-state index contributed by atoms with van der Waals surface area (Å²) in [5.74, 6) is 1.28. The summed E-state index contributed by atoms with van der Waals surface area (Å²) in [7, 11) is 0. The van der Waals surface area contributed by atoms with E-state index in [1.807, 2.05) is 16.9 Å². The van der Waals surface area contributed by atoms with E-state index in [9.17, 15) is 0 Å². The molecule has 0 saturated carbocycles. The van der Waals surface area contributed by atoms with Crippen LogP contribution >= 0.6 is 15.9 Å². The average molecular weight is 282 g/mol. The van der Waals surface area contributed by atoms with Crippen LogP contribution in [-0.2, 0) is 6.54 Å². The molecule has 5 heteroatoms. The van der Waals surface area contributed by atoms with Gasteiger partial charge >= 0.3 is 0 Å². The third-order valence-electron chi connectivity index (χ3n) is 1.98. The summed E-state index contributed by atoms with van der Waals surface area (Å²) in [4.78, 5) is 4.12. The Kier molecular flexibility index (Phi) is 3.56. The molecule has 0 bridgehead atoms. The first-order valence-corrected chi connectivity index (χ1v) is 5.89. The zero-order chi connectivity index (χ0) is 11.4. The summed E-state index contributed by atoms with van der Waals surface area (Å²) >= 11 is 3.32. The van der Waals surface area contributed by atoms with E-state index < -0.39 is 0 Å². The van der Waals surface area contributed by atoms with Gasteiger partial charge in [-0.25, -0.2) is 4.98 Å². The Labute approximate surface area is 102 Å². The summed E-state index contributed by atoms with van der Waals surface area (Å²) in [5, 5.41) is 4.17. The van der Waals surface area contributed by atoms with Crippen molar-refractivity contribution in [2.24, 2.45) is 0 Å². The number of nitrogens with zero attached hydrogens (tertiary/aromatic N) is 3. The summed E-state index contributed by atoms with van der Waals surface area (Å²) in [6.07, 6.45) is 6.32. The molecule has 16 heavy (non-hydrogen) atoms. The molecule has 0 spiro atoms. The van der Waals surface area contributed by atoms with Crippen LogP contribution in [0.2, 0.25) is 0 Å². The van der Waals surface area contributed by atoms with Crippen LogP contribution in [0.25, 0.3) is 0 Å². The maximum Gasteiger partial charge on any atom is 0.219 e. The molecule has 0 unspecified atom stereocenters. The number of aryl methyl sites for hydroxylation is 1. The SMILES string of the molecule is CCCn1cc(Oc2ccc(Br)cn2)cn1. The lowest BCUT2D eigenvalue weighted by molar-refractivity contribution is 0.461. The summed E-state index contributed by atoms with van der Waals surface area (Å²) in [6, 6.07) is 3.69. The van der Waals surface area contributed by atoms with Gasteiger partial charge in [-0.2, -0.15) is 5.10 Å². The van der Waals surface area contributed by atoms with Crippen LogP contribution < -0.4 is 4.74 Å². The molecule has 0 aliphatic rings. The topological polar surface area (TPSA) is 39.9 Å². The number of pyridine rings is 1. The number of aromatic nitrogens is 3. The lowest BCUT2D eigenvalue weighted by atomic mass is 10.5. The van der Waals surface area contributed by atoms with E-state index in [2.05, 4.69) is 32.9 Å². The summed E-state index contributed by atoms with van der Waals surface area (Å²) in [5.41, 5.74) is 0. The van der Waals surface area contributed by atoms with Crippen molar-refractivity contribution in [2.45, 2.75) is 19.9 Å². The molecule has 2 aromatic rings. The van der Waals surface area contributed by atoms with Gasteiger partial charge in [0.2, 0.25) is 5.88 Å². The minimum Gasteiger partial charge on any atom is -0.436 e. The highest BCUT2D eigenvalue weighted by Gasteiger charge is 2.01. The van der Waals surface area contributed by atoms with Gasteiger partial charge < -0.3 is 4.74 Å². The molecule has 0 fully saturated rings. The van der Waals surface area contributed by atoms with Crippen molar-refractivity contribution >= 4 is 15.9 Å². The molecule has 0 saturated heterocycles. The third kappa shape index (κ3) is 2.82. The van der Waals surface area contributed by atoms with Gasteiger partial charge in [-0.05, 0) is 28.4 Å². The fourth-order valence-electron chi connectivity index (χ4n) is 1.29. The maximum absolute atomic E-state index is 5.55. The van der Waals surface area contributed by atoms with Crippen molar-refractivity contribution in [3.63, 3.8) is 0 Å². The van der Waals surface area contributed by atoms with Crippen molar-refractivity contribution in [1.29, 1.82) is 0 Å². The van der Waals surface area contributed by atoms with Gasteiger partial charge in [-0.1, -0.05) is 6.92 Å². The van der Waals surface area contributed by atoms with Crippen LogP contribution in [0.1, 0.15) is 13.3 Å². The summed E-state index contributed by atoms with van der Waals surface area (Å²) in [6.45, 7) is 3.01. The zero-order valence-electron chi connectivity index (χ0n) is 8.93. The number of ether oxygens (including phenoxy) is 1. The largest absolute Gasteiger partial charge is 0.436 e. The molecule has 2 aromatic heterocycles. The lowest BCUT2D eigenvalue weighted by Crippen LogP contribution is -1.95. The molecule has 0 amide bonds. The highest BCUT2D eigenvalue weighted by atomic mass is 79.9. The van der Waals surface area contributed by atoms with Crippen LogP contribution in [0.4, 0.5) is 0 Å². The van der Waals surface area contributed by atoms with Gasteiger partial charge in [-0.3, -0.25) is 4.68 Å². The van der Waals surface area contributed by atoms with Gasteiger partial charge in [-0.15, -0.1) is 0 Å². The van der Waals surface area contributed by atoms with Gasteiger partial charge in [0.1, 0.15) is 0 Å². The van der Waals surface area contributed by atoms with Crippen molar-refractivity contribution in [2.75, 3.05) is 0 Å². The maximum atomic E-state index is 5.55. The highest BCUT2D eigenvalue weighted by Crippen LogP contribution is 2.19. The fraction of sp³-hybridized carbons (Fsp3) is 0.273. The number of rotatable bonds is 4. The first kappa shape index (κ1) is 11.1. The highest BCUT2D eigenvalue weighted by molar-refractivity contribution is 9.10. The van der Waals surface area contributed by atoms with Crippen LogP contribution in [-0.4, -0.2) is 14.8 Å². The van der Waals surface area contributed by atoms with Crippen LogP contribution in [0.5, 0.6) is 11.6 Å². The fourth-order valence-corrected chi connectivity index (χ4v) is 1.53. The van der Waals surface area contributed by atoms with Gasteiger partial charge in [0.05, 0.1) is 12.4 Å². The molecule has 0 aliphatic heterocycles. The molecule has 2 rings (SSSR count). The van der Waals surface area contributed by atoms with E-state index in [-0.39, 0.29) is 0 Å². The van der Waals surface area contributed by atoms with Gasteiger partial charge in [0.25, 0.3) is 0 Å². The molecule has 4 nitrogen and oxygen atoms in total. The molecule has 2 heterocycles. The normalized spacial score (nSPS) is 10.4. The molecule has 0 aromatic carbocycles. The van der Waals surface area contributed by atoms with Crippen molar-refractivity contribution in [3.8, 4) is 11.6 Å². The van der Waals surface area contributed by atoms with E-state index in [1.165, 1.54) is 0 Å². The first-order valence-electron chi connectivity index (χ1n) is 5.10. The second kappa shape index (κ2) is 5.12. The standard InChI is InChI=1S/C11H12BrN3O/c1-2-5-15-8-10(7-14-15)16-11-4-3-9(12)6-13-11/h3-4,6-8H,2,5H2,1H3. The van der Waals surface area contributed by atoms with Crippen LogP contribution in [0.3, 0.4) is 0 Å². The van der Waals surface area contributed by atoms with Crippen LogP contribution in [0, 0.1) is 0 Å². The Morgan fingerprint density at radius 1 is 1.38 bits per heavy atom. The second-order valence-corrected chi connectivity index (χ2v) is 4.27.